The number of imide groups is 1. The van der Waals surface area contributed by atoms with Gasteiger partial charge in [0.2, 0.25) is 17.7 Å². The Labute approximate surface area is 195 Å². The first-order chi connectivity index (χ1) is 15.9. The summed E-state index contributed by atoms with van der Waals surface area (Å²) in [7, 11) is 0. The standard InChI is InChI=1S/C25H23N3O4S/c1-17(29)26-19-9-11-20(12-10-19)28-24(31)15-22(25(28)32)27(16-21-8-5-13-33-21)23(30)14-18-6-3-2-4-7-18/h2-13,22H,14-16H2,1H3,(H,26,29). The quantitative estimate of drug-likeness (QED) is 0.545. The second kappa shape index (κ2) is 9.79. The van der Waals surface area contributed by atoms with Crippen LogP contribution in [0.2, 0.25) is 0 Å². The van der Waals surface area contributed by atoms with E-state index in [0.717, 1.165) is 15.3 Å². The van der Waals surface area contributed by atoms with Crippen molar-refractivity contribution in [2.45, 2.75) is 32.4 Å². The van der Waals surface area contributed by atoms with Gasteiger partial charge < -0.3 is 10.2 Å². The molecule has 0 bridgehead atoms. The second-order valence-corrected chi connectivity index (χ2v) is 8.81. The van der Waals surface area contributed by atoms with E-state index in [1.807, 2.05) is 47.8 Å². The van der Waals surface area contributed by atoms with Gasteiger partial charge in [0, 0.05) is 17.5 Å². The smallest absolute Gasteiger partial charge is 0.257 e. The Kier molecular flexibility index (Phi) is 6.65. The van der Waals surface area contributed by atoms with Gasteiger partial charge in [-0.1, -0.05) is 36.4 Å². The highest BCUT2D eigenvalue weighted by molar-refractivity contribution is 7.09. The van der Waals surface area contributed by atoms with Crippen molar-refractivity contribution in [3.05, 3.63) is 82.6 Å². The van der Waals surface area contributed by atoms with Gasteiger partial charge in [0.15, 0.2) is 0 Å². The zero-order chi connectivity index (χ0) is 23.4. The number of carbonyl (C=O) groups excluding carboxylic acids is 4. The average molecular weight is 462 g/mol. The molecule has 168 valence electrons. The molecule has 1 fully saturated rings. The van der Waals surface area contributed by atoms with E-state index < -0.39 is 11.9 Å². The van der Waals surface area contributed by atoms with Crippen LogP contribution in [0.25, 0.3) is 0 Å². The summed E-state index contributed by atoms with van der Waals surface area (Å²) in [5.41, 5.74) is 1.83. The second-order valence-electron chi connectivity index (χ2n) is 7.78. The fourth-order valence-corrected chi connectivity index (χ4v) is 4.55. The van der Waals surface area contributed by atoms with Gasteiger partial charge >= 0.3 is 0 Å². The number of thiophene rings is 1. The lowest BCUT2D eigenvalue weighted by Gasteiger charge is -2.27. The van der Waals surface area contributed by atoms with Crippen molar-refractivity contribution in [1.29, 1.82) is 0 Å². The monoisotopic (exact) mass is 461 g/mol. The van der Waals surface area contributed by atoms with Gasteiger partial charge in [0.1, 0.15) is 6.04 Å². The van der Waals surface area contributed by atoms with Crippen LogP contribution in [0.3, 0.4) is 0 Å². The molecule has 3 aromatic rings. The predicted octanol–water partition coefficient (Wildman–Crippen LogP) is 3.61. The molecule has 0 radical (unpaired) electrons. The lowest BCUT2D eigenvalue weighted by Crippen LogP contribution is -2.45. The van der Waals surface area contributed by atoms with Crippen LogP contribution in [0.1, 0.15) is 23.8 Å². The number of anilines is 2. The lowest BCUT2D eigenvalue weighted by atomic mass is 10.1. The van der Waals surface area contributed by atoms with Crippen molar-refractivity contribution in [3.8, 4) is 0 Å². The summed E-state index contributed by atoms with van der Waals surface area (Å²) in [5, 5.41) is 4.57. The molecular formula is C25H23N3O4S. The van der Waals surface area contributed by atoms with E-state index >= 15 is 0 Å². The van der Waals surface area contributed by atoms with E-state index in [-0.39, 0.29) is 37.1 Å². The minimum Gasteiger partial charge on any atom is -0.326 e. The van der Waals surface area contributed by atoms with Crippen molar-refractivity contribution in [2.24, 2.45) is 0 Å². The molecule has 4 rings (SSSR count). The van der Waals surface area contributed by atoms with Crippen molar-refractivity contribution in [2.75, 3.05) is 10.2 Å². The SMILES string of the molecule is CC(=O)Nc1ccc(N2C(=O)CC(N(Cc3cccs3)C(=O)Cc3ccccc3)C2=O)cc1. The molecule has 1 atom stereocenters. The fraction of sp³-hybridized carbons (Fsp3) is 0.200. The third-order valence-corrected chi connectivity index (χ3v) is 6.23. The van der Waals surface area contributed by atoms with Crippen molar-refractivity contribution in [3.63, 3.8) is 0 Å². The normalized spacial score (nSPS) is 15.5. The first-order valence-corrected chi connectivity index (χ1v) is 11.4. The van der Waals surface area contributed by atoms with Crippen molar-refractivity contribution in [1.82, 2.24) is 4.90 Å². The van der Waals surface area contributed by atoms with Gasteiger partial charge in [0.05, 0.1) is 25.1 Å². The molecule has 0 aliphatic carbocycles. The Balaban J connectivity index is 1.57. The molecule has 2 aromatic carbocycles. The van der Waals surface area contributed by atoms with E-state index in [1.54, 1.807) is 24.3 Å². The third-order valence-electron chi connectivity index (χ3n) is 5.37. The van der Waals surface area contributed by atoms with Gasteiger partial charge in [-0.15, -0.1) is 11.3 Å². The van der Waals surface area contributed by atoms with Crippen LogP contribution >= 0.6 is 11.3 Å². The first-order valence-electron chi connectivity index (χ1n) is 10.5. The number of nitrogens with zero attached hydrogens (tertiary/aromatic N) is 2. The summed E-state index contributed by atoms with van der Waals surface area (Å²) in [5.74, 6) is -1.20. The topological polar surface area (TPSA) is 86.8 Å². The van der Waals surface area contributed by atoms with E-state index in [1.165, 1.54) is 23.2 Å². The maximum Gasteiger partial charge on any atom is 0.257 e. The number of benzene rings is 2. The maximum absolute atomic E-state index is 13.4. The van der Waals surface area contributed by atoms with Gasteiger partial charge in [-0.3, -0.25) is 19.2 Å². The van der Waals surface area contributed by atoms with Crippen LogP contribution in [0.15, 0.2) is 72.1 Å². The Bertz CT molecular complexity index is 1160. The van der Waals surface area contributed by atoms with Crippen LogP contribution in [-0.4, -0.2) is 34.6 Å². The third kappa shape index (κ3) is 5.18. The summed E-state index contributed by atoms with van der Waals surface area (Å²) >= 11 is 1.50. The molecule has 0 saturated carbocycles. The number of rotatable bonds is 7. The van der Waals surface area contributed by atoms with Crippen molar-refractivity contribution < 1.29 is 19.2 Å². The maximum atomic E-state index is 13.4. The van der Waals surface area contributed by atoms with Crippen molar-refractivity contribution >= 4 is 46.3 Å². The molecular weight excluding hydrogens is 438 g/mol. The molecule has 1 N–H and O–H groups in total. The highest BCUT2D eigenvalue weighted by atomic mass is 32.1. The number of carbonyl (C=O) groups is 4. The zero-order valence-corrected chi connectivity index (χ0v) is 18.9. The molecule has 4 amide bonds. The Hall–Kier alpha value is -3.78. The van der Waals surface area contributed by atoms with Crippen LogP contribution in [-0.2, 0) is 32.1 Å². The summed E-state index contributed by atoms with van der Waals surface area (Å²) in [6.45, 7) is 1.67. The summed E-state index contributed by atoms with van der Waals surface area (Å²) in [4.78, 5) is 54.3. The van der Waals surface area contributed by atoms with Crippen LogP contribution in [0.4, 0.5) is 11.4 Å². The summed E-state index contributed by atoms with van der Waals surface area (Å²) < 4.78 is 0. The molecule has 1 aliphatic rings. The number of hydrogen-bond donors (Lipinski definition) is 1. The molecule has 1 unspecified atom stereocenters. The van der Waals surface area contributed by atoms with Gasteiger partial charge in [-0.25, -0.2) is 4.90 Å². The number of hydrogen-bond acceptors (Lipinski definition) is 5. The van der Waals surface area contributed by atoms with E-state index in [9.17, 15) is 19.2 Å². The van der Waals surface area contributed by atoms with E-state index in [2.05, 4.69) is 5.32 Å². The number of amides is 4. The van der Waals surface area contributed by atoms with Gasteiger partial charge in [0.25, 0.3) is 5.91 Å². The van der Waals surface area contributed by atoms with Crippen LogP contribution in [0, 0.1) is 0 Å². The first kappa shape index (κ1) is 22.4. The number of nitrogens with one attached hydrogen (secondary N) is 1. The Morgan fingerprint density at radius 3 is 2.39 bits per heavy atom. The molecule has 7 nitrogen and oxygen atoms in total. The summed E-state index contributed by atoms with van der Waals surface area (Å²) in [6, 6.07) is 18.8. The predicted molar refractivity (Wildman–Crippen MR) is 127 cm³/mol. The average Bonchev–Trinajstić information content (AvgIpc) is 3.40. The van der Waals surface area contributed by atoms with Crippen LogP contribution < -0.4 is 10.2 Å². The minimum atomic E-state index is -0.870. The molecule has 8 heteroatoms. The zero-order valence-electron chi connectivity index (χ0n) is 18.1. The Morgan fingerprint density at radius 2 is 1.76 bits per heavy atom. The Morgan fingerprint density at radius 1 is 1.03 bits per heavy atom. The minimum absolute atomic E-state index is 0.0712. The highest BCUT2D eigenvalue weighted by Crippen LogP contribution is 2.29. The largest absolute Gasteiger partial charge is 0.326 e. The highest BCUT2D eigenvalue weighted by Gasteiger charge is 2.44. The van der Waals surface area contributed by atoms with Gasteiger partial charge in [-0.2, -0.15) is 0 Å². The molecule has 2 heterocycles. The summed E-state index contributed by atoms with van der Waals surface area (Å²) in [6.07, 6.45) is 0.0772. The lowest BCUT2D eigenvalue weighted by molar-refractivity contribution is -0.138. The fourth-order valence-electron chi connectivity index (χ4n) is 3.84. The molecule has 1 aromatic heterocycles. The molecule has 33 heavy (non-hydrogen) atoms. The molecule has 1 saturated heterocycles. The van der Waals surface area contributed by atoms with E-state index in [4.69, 9.17) is 0 Å². The van der Waals surface area contributed by atoms with E-state index in [0.29, 0.717) is 11.4 Å². The molecule has 0 spiro atoms. The molecule has 1 aliphatic heterocycles. The van der Waals surface area contributed by atoms with Gasteiger partial charge in [-0.05, 0) is 41.3 Å². The van der Waals surface area contributed by atoms with Crippen LogP contribution in [0.5, 0.6) is 0 Å².